The summed E-state index contributed by atoms with van der Waals surface area (Å²) in [6, 6.07) is 18.9. The lowest BCUT2D eigenvalue weighted by molar-refractivity contribution is 0.0779. The smallest absolute Gasteiger partial charge is 0.271 e. The second-order valence-electron chi connectivity index (χ2n) is 6.45. The Morgan fingerprint density at radius 2 is 1.89 bits per heavy atom. The van der Waals surface area contributed by atoms with Gasteiger partial charge in [-0.2, -0.15) is 10.2 Å². The molecule has 28 heavy (non-hydrogen) atoms. The molecule has 0 atom stereocenters. The third kappa shape index (κ3) is 3.82. The topological polar surface area (TPSA) is 66.8 Å². The van der Waals surface area contributed by atoms with E-state index in [2.05, 4.69) is 15.3 Å². The maximum atomic E-state index is 12.7. The Balaban J connectivity index is 1.44. The summed E-state index contributed by atoms with van der Waals surface area (Å²) in [5.41, 5.74) is 4.06. The van der Waals surface area contributed by atoms with Crippen molar-refractivity contribution >= 4 is 17.5 Å². The minimum absolute atomic E-state index is 0.121. The van der Waals surface area contributed by atoms with E-state index in [-0.39, 0.29) is 5.91 Å². The number of halogens is 1. The molecule has 0 saturated heterocycles. The van der Waals surface area contributed by atoms with Crippen LogP contribution in [0.2, 0.25) is 5.02 Å². The lowest BCUT2D eigenvalue weighted by Crippen LogP contribution is -2.26. The van der Waals surface area contributed by atoms with E-state index >= 15 is 0 Å². The first kappa shape index (κ1) is 18.0. The van der Waals surface area contributed by atoms with Gasteiger partial charge in [-0.05, 0) is 42.0 Å². The predicted molar refractivity (Wildman–Crippen MR) is 108 cm³/mol. The van der Waals surface area contributed by atoms with Crippen LogP contribution < -0.4 is 0 Å². The fourth-order valence-corrected chi connectivity index (χ4v) is 3.05. The van der Waals surface area contributed by atoms with Crippen molar-refractivity contribution in [3.63, 3.8) is 0 Å². The molecule has 0 spiro atoms. The molecule has 7 heteroatoms. The molecule has 0 aliphatic heterocycles. The Morgan fingerprint density at radius 3 is 2.57 bits per heavy atom. The van der Waals surface area contributed by atoms with E-state index < -0.39 is 0 Å². The fourth-order valence-electron chi connectivity index (χ4n) is 2.93. The third-order valence-corrected chi connectivity index (χ3v) is 4.67. The van der Waals surface area contributed by atoms with Gasteiger partial charge in [-0.3, -0.25) is 9.89 Å². The summed E-state index contributed by atoms with van der Waals surface area (Å²) in [4.78, 5) is 14.4. The zero-order valence-corrected chi connectivity index (χ0v) is 16.0. The van der Waals surface area contributed by atoms with Gasteiger partial charge in [0.25, 0.3) is 5.91 Å². The van der Waals surface area contributed by atoms with Crippen molar-refractivity contribution in [2.45, 2.75) is 6.54 Å². The summed E-state index contributed by atoms with van der Waals surface area (Å²) < 4.78 is 1.79. The minimum Gasteiger partial charge on any atom is -0.336 e. The fraction of sp³-hybridized carbons (Fsp3) is 0.0952. The van der Waals surface area contributed by atoms with Crippen molar-refractivity contribution in [3.8, 4) is 16.9 Å². The molecule has 140 valence electrons. The third-order valence-electron chi connectivity index (χ3n) is 4.42. The van der Waals surface area contributed by atoms with Gasteiger partial charge in [0, 0.05) is 36.6 Å². The number of nitrogens with one attached hydrogen (secondary N) is 1. The molecule has 1 amide bonds. The highest BCUT2D eigenvalue weighted by Gasteiger charge is 2.16. The highest BCUT2D eigenvalue weighted by molar-refractivity contribution is 6.30. The largest absolute Gasteiger partial charge is 0.336 e. The SMILES string of the molecule is CN(Cc1ccc(-n2cccn2)cc1)C(=O)c1cc(-c2ccc(Cl)cc2)n[nH]1. The minimum atomic E-state index is -0.121. The van der Waals surface area contributed by atoms with Gasteiger partial charge in [0.05, 0.1) is 11.4 Å². The first-order chi connectivity index (χ1) is 13.6. The number of aromatic nitrogens is 4. The summed E-state index contributed by atoms with van der Waals surface area (Å²) in [6.45, 7) is 0.494. The number of nitrogens with zero attached hydrogens (tertiary/aromatic N) is 4. The van der Waals surface area contributed by atoms with Gasteiger partial charge in [0.2, 0.25) is 0 Å². The molecule has 0 aliphatic rings. The second kappa shape index (κ2) is 7.70. The maximum Gasteiger partial charge on any atom is 0.271 e. The number of carbonyl (C=O) groups is 1. The average molecular weight is 392 g/mol. The van der Waals surface area contributed by atoms with Crippen LogP contribution in [0.1, 0.15) is 16.1 Å². The van der Waals surface area contributed by atoms with Crippen LogP contribution in [0.3, 0.4) is 0 Å². The lowest BCUT2D eigenvalue weighted by Gasteiger charge is -2.16. The molecule has 0 radical (unpaired) electrons. The van der Waals surface area contributed by atoms with Gasteiger partial charge in [-0.25, -0.2) is 4.68 Å². The van der Waals surface area contributed by atoms with E-state index in [1.807, 2.05) is 48.7 Å². The van der Waals surface area contributed by atoms with Gasteiger partial charge in [0.15, 0.2) is 0 Å². The van der Waals surface area contributed by atoms with Crippen molar-refractivity contribution in [1.82, 2.24) is 24.9 Å². The van der Waals surface area contributed by atoms with E-state index in [4.69, 9.17) is 11.6 Å². The lowest BCUT2D eigenvalue weighted by atomic mass is 10.1. The number of benzene rings is 2. The van der Waals surface area contributed by atoms with Gasteiger partial charge in [-0.15, -0.1) is 0 Å². The van der Waals surface area contributed by atoms with Crippen LogP contribution in [0.25, 0.3) is 16.9 Å². The standard InChI is InChI=1S/C21H18ClN5O/c1-26(14-15-3-9-18(10-4-15)27-12-2-11-23-27)21(28)20-13-19(24-25-20)16-5-7-17(22)8-6-16/h2-13H,14H2,1H3,(H,24,25). The Hall–Kier alpha value is -3.38. The molecule has 2 heterocycles. The monoisotopic (exact) mass is 391 g/mol. The molecule has 0 saturated carbocycles. The number of H-pyrrole nitrogens is 1. The number of amides is 1. The summed E-state index contributed by atoms with van der Waals surface area (Å²) >= 11 is 5.92. The average Bonchev–Trinajstić information content (AvgIpc) is 3.41. The summed E-state index contributed by atoms with van der Waals surface area (Å²) in [5, 5.41) is 11.9. The highest BCUT2D eigenvalue weighted by Crippen LogP contribution is 2.21. The van der Waals surface area contributed by atoms with Crippen LogP contribution in [-0.2, 0) is 6.54 Å². The quantitative estimate of drug-likeness (QED) is 0.554. The van der Waals surface area contributed by atoms with Crippen molar-refractivity contribution in [2.24, 2.45) is 0 Å². The Labute approximate surface area is 167 Å². The Morgan fingerprint density at radius 1 is 1.14 bits per heavy atom. The second-order valence-corrected chi connectivity index (χ2v) is 6.89. The number of carbonyl (C=O) groups excluding carboxylic acids is 1. The first-order valence-corrected chi connectivity index (χ1v) is 9.14. The van der Waals surface area contributed by atoms with Crippen LogP contribution in [0, 0.1) is 0 Å². The van der Waals surface area contributed by atoms with E-state index in [0.29, 0.717) is 23.0 Å². The molecule has 0 aliphatic carbocycles. The van der Waals surface area contributed by atoms with Gasteiger partial charge < -0.3 is 4.90 Å². The molecule has 2 aromatic heterocycles. The molecule has 2 aromatic carbocycles. The van der Waals surface area contributed by atoms with Crippen LogP contribution in [0.15, 0.2) is 73.1 Å². The van der Waals surface area contributed by atoms with Gasteiger partial charge in [-0.1, -0.05) is 35.9 Å². The van der Waals surface area contributed by atoms with Gasteiger partial charge in [0.1, 0.15) is 5.69 Å². The van der Waals surface area contributed by atoms with Gasteiger partial charge >= 0.3 is 0 Å². The maximum absolute atomic E-state index is 12.7. The molecule has 1 N–H and O–H groups in total. The summed E-state index contributed by atoms with van der Waals surface area (Å²) in [5.74, 6) is -0.121. The van der Waals surface area contributed by atoms with E-state index in [1.54, 1.807) is 41.0 Å². The van der Waals surface area contributed by atoms with Crippen LogP contribution in [0.5, 0.6) is 0 Å². The van der Waals surface area contributed by atoms with Crippen LogP contribution in [0.4, 0.5) is 0 Å². The number of aromatic amines is 1. The molecule has 0 bridgehead atoms. The first-order valence-electron chi connectivity index (χ1n) is 8.76. The predicted octanol–water partition coefficient (Wildman–Crippen LogP) is 4.19. The number of hydrogen-bond acceptors (Lipinski definition) is 3. The van der Waals surface area contributed by atoms with Crippen LogP contribution >= 0.6 is 11.6 Å². The molecular formula is C21H18ClN5O. The number of hydrogen-bond donors (Lipinski definition) is 1. The Kier molecular flexibility index (Phi) is 4.95. The van der Waals surface area contributed by atoms with E-state index in [0.717, 1.165) is 16.8 Å². The summed E-state index contributed by atoms with van der Waals surface area (Å²) in [7, 11) is 1.77. The summed E-state index contributed by atoms with van der Waals surface area (Å²) in [6.07, 6.45) is 3.63. The van der Waals surface area contributed by atoms with Crippen molar-refractivity contribution in [2.75, 3.05) is 7.05 Å². The Bertz CT molecular complexity index is 1070. The molecule has 0 unspecified atom stereocenters. The molecule has 6 nitrogen and oxygen atoms in total. The van der Waals surface area contributed by atoms with Crippen LogP contribution in [-0.4, -0.2) is 37.8 Å². The molecule has 0 fully saturated rings. The van der Waals surface area contributed by atoms with Crippen molar-refractivity contribution in [1.29, 1.82) is 0 Å². The van der Waals surface area contributed by atoms with E-state index in [9.17, 15) is 4.79 Å². The van der Waals surface area contributed by atoms with Crippen molar-refractivity contribution in [3.05, 3.63) is 89.3 Å². The zero-order valence-electron chi connectivity index (χ0n) is 15.2. The zero-order chi connectivity index (χ0) is 19.5. The molecule has 4 aromatic rings. The van der Waals surface area contributed by atoms with Crippen molar-refractivity contribution < 1.29 is 4.79 Å². The highest BCUT2D eigenvalue weighted by atomic mass is 35.5. The molecule has 4 rings (SSSR count). The number of rotatable bonds is 5. The van der Waals surface area contributed by atoms with E-state index in [1.165, 1.54) is 0 Å². The normalized spacial score (nSPS) is 10.8. The molecular weight excluding hydrogens is 374 g/mol.